The molecule has 164 valence electrons. The highest BCUT2D eigenvalue weighted by atomic mass is 16.5. The van der Waals surface area contributed by atoms with E-state index >= 15 is 0 Å². The van der Waals surface area contributed by atoms with Gasteiger partial charge in [-0.25, -0.2) is 0 Å². The fraction of sp³-hybridized carbons (Fsp3) is 0.440. The molecule has 1 saturated heterocycles. The lowest BCUT2D eigenvalue weighted by molar-refractivity contribution is -0.126. The molecule has 6 heteroatoms. The summed E-state index contributed by atoms with van der Waals surface area (Å²) in [6, 6.07) is 16.0. The fourth-order valence-corrected chi connectivity index (χ4v) is 4.69. The van der Waals surface area contributed by atoms with E-state index in [0.717, 1.165) is 24.3 Å². The van der Waals surface area contributed by atoms with Crippen molar-refractivity contribution >= 4 is 17.5 Å². The predicted octanol–water partition coefficient (Wildman–Crippen LogP) is 2.65. The number of hydrogen-bond acceptors (Lipinski definition) is 4. The molecular formula is C25H31N3O3. The van der Waals surface area contributed by atoms with Gasteiger partial charge in [-0.05, 0) is 69.3 Å². The number of hydrogen-bond donors (Lipinski definition) is 1. The topological polar surface area (TPSA) is 61.9 Å². The normalized spacial score (nSPS) is 19.5. The third kappa shape index (κ3) is 4.30. The van der Waals surface area contributed by atoms with Crippen LogP contribution in [0.15, 0.2) is 48.5 Å². The van der Waals surface area contributed by atoms with Crippen molar-refractivity contribution in [2.24, 2.45) is 5.92 Å². The molecule has 0 aromatic heterocycles. The second-order valence-corrected chi connectivity index (χ2v) is 8.79. The summed E-state index contributed by atoms with van der Waals surface area (Å²) in [7, 11) is 4.15. The molecule has 0 radical (unpaired) electrons. The number of benzene rings is 2. The first-order chi connectivity index (χ1) is 14.9. The van der Waals surface area contributed by atoms with E-state index in [-0.39, 0.29) is 29.7 Å². The molecule has 6 nitrogen and oxygen atoms in total. The Hall–Kier alpha value is -2.86. The number of carbonyl (C=O) groups is 2. The standard InChI is InChI=1S/C25H31N3O3/c1-4-31-22-11-9-21(10-12-22)28-16-20(13-23(28)29)24(30)26-17-25(27(2)3)14-18-7-5-6-8-19(18)15-25/h5-12,20H,4,13-17H2,1-3H3,(H,26,30). The van der Waals surface area contributed by atoms with E-state index in [1.165, 1.54) is 11.1 Å². The maximum Gasteiger partial charge on any atom is 0.227 e. The minimum absolute atomic E-state index is 0.0140. The maximum atomic E-state index is 13.0. The molecule has 0 saturated carbocycles. The lowest BCUT2D eigenvalue weighted by Gasteiger charge is -2.36. The van der Waals surface area contributed by atoms with Crippen LogP contribution in [0, 0.1) is 5.92 Å². The largest absolute Gasteiger partial charge is 0.494 e. The van der Waals surface area contributed by atoms with Crippen molar-refractivity contribution in [3.8, 4) is 5.75 Å². The monoisotopic (exact) mass is 421 g/mol. The quantitative estimate of drug-likeness (QED) is 0.747. The first-order valence-corrected chi connectivity index (χ1v) is 11.0. The Labute approximate surface area is 184 Å². The molecule has 1 aliphatic carbocycles. The van der Waals surface area contributed by atoms with Crippen molar-refractivity contribution in [3.05, 3.63) is 59.7 Å². The van der Waals surface area contributed by atoms with Crippen molar-refractivity contribution in [2.45, 2.75) is 31.7 Å². The molecule has 2 amide bonds. The lowest BCUT2D eigenvalue weighted by atomic mass is 9.93. The number of ether oxygens (including phenoxy) is 1. The van der Waals surface area contributed by atoms with Crippen molar-refractivity contribution in [1.82, 2.24) is 10.2 Å². The predicted molar refractivity (Wildman–Crippen MR) is 121 cm³/mol. The smallest absolute Gasteiger partial charge is 0.227 e. The minimum atomic E-state index is -0.331. The van der Waals surface area contributed by atoms with Gasteiger partial charge in [0.25, 0.3) is 0 Å². The summed E-state index contributed by atoms with van der Waals surface area (Å²) in [5.74, 6) is 0.389. The van der Waals surface area contributed by atoms with E-state index in [1.807, 2.05) is 31.2 Å². The maximum absolute atomic E-state index is 13.0. The Balaban J connectivity index is 1.38. The van der Waals surface area contributed by atoms with Crippen molar-refractivity contribution in [3.63, 3.8) is 0 Å². The van der Waals surface area contributed by atoms with Gasteiger partial charge in [0, 0.05) is 30.7 Å². The summed E-state index contributed by atoms with van der Waals surface area (Å²) in [6.07, 6.45) is 2.07. The van der Waals surface area contributed by atoms with Gasteiger partial charge in [-0.15, -0.1) is 0 Å². The highest BCUT2D eigenvalue weighted by molar-refractivity contribution is 6.00. The number of likely N-dealkylation sites (N-methyl/N-ethyl adjacent to an activating group) is 1. The van der Waals surface area contributed by atoms with E-state index < -0.39 is 0 Å². The van der Waals surface area contributed by atoms with Crippen LogP contribution in [-0.4, -0.2) is 56.0 Å². The van der Waals surface area contributed by atoms with Crippen LogP contribution >= 0.6 is 0 Å². The lowest BCUT2D eigenvalue weighted by Crippen LogP contribution is -2.54. The molecular weight excluding hydrogens is 390 g/mol. The number of nitrogens with zero attached hydrogens (tertiary/aromatic N) is 2. The molecule has 1 atom stereocenters. The first kappa shape index (κ1) is 21.4. The van der Waals surface area contributed by atoms with Crippen LogP contribution in [0.5, 0.6) is 5.75 Å². The summed E-state index contributed by atoms with van der Waals surface area (Å²) in [6.45, 7) is 3.52. The Bertz CT molecular complexity index is 930. The van der Waals surface area contributed by atoms with Crippen molar-refractivity contribution in [1.29, 1.82) is 0 Å². The number of amides is 2. The van der Waals surface area contributed by atoms with Gasteiger partial charge in [0.1, 0.15) is 5.75 Å². The summed E-state index contributed by atoms with van der Waals surface area (Å²) < 4.78 is 5.47. The number of nitrogens with one attached hydrogen (secondary N) is 1. The molecule has 0 bridgehead atoms. The fourth-order valence-electron chi connectivity index (χ4n) is 4.69. The van der Waals surface area contributed by atoms with Crippen LogP contribution in [-0.2, 0) is 22.4 Å². The minimum Gasteiger partial charge on any atom is -0.494 e. The van der Waals surface area contributed by atoms with Crippen molar-refractivity contribution in [2.75, 3.05) is 38.7 Å². The third-order valence-electron chi connectivity index (χ3n) is 6.65. The average molecular weight is 422 g/mol. The molecule has 2 aliphatic rings. The molecule has 1 N–H and O–H groups in total. The zero-order chi connectivity index (χ0) is 22.0. The second-order valence-electron chi connectivity index (χ2n) is 8.79. The van der Waals surface area contributed by atoms with E-state index in [1.54, 1.807) is 4.90 Å². The van der Waals surface area contributed by atoms with Gasteiger partial charge in [0.05, 0.1) is 12.5 Å². The summed E-state index contributed by atoms with van der Waals surface area (Å²) >= 11 is 0. The van der Waals surface area contributed by atoms with Gasteiger partial charge in [-0.1, -0.05) is 24.3 Å². The van der Waals surface area contributed by atoms with E-state index in [9.17, 15) is 9.59 Å². The first-order valence-electron chi connectivity index (χ1n) is 11.0. The molecule has 4 rings (SSSR count). The Morgan fingerprint density at radius 1 is 1.13 bits per heavy atom. The SMILES string of the molecule is CCOc1ccc(N2CC(C(=O)NCC3(N(C)C)Cc4ccccc4C3)CC2=O)cc1. The molecule has 0 spiro atoms. The zero-order valence-corrected chi connectivity index (χ0v) is 18.6. The van der Waals surface area contributed by atoms with Crippen LogP contribution in [0.4, 0.5) is 5.69 Å². The van der Waals surface area contributed by atoms with Crippen LogP contribution in [0.2, 0.25) is 0 Å². The van der Waals surface area contributed by atoms with Gasteiger partial charge >= 0.3 is 0 Å². The summed E-state index contributed by atoms with van der Waals surface area (Å²) in [5, 5.41) is 3.16. The van der Waals surface area contributed by atoms with Gasteiger partial charge in [-0.3, -0.25) is 9.59 Å². The van der Waals surface area contributed by atoms with E-state index in [2.05, 4.69) is 48.6 Å². The number of fused-ring (bicyclic) bond motifs is 1. The number of rotatable bonds is 7. The number of anilines is 1. The summed E-state index contributed by atoms with van der Waals surface area (Å²) in [5.41, 5.74) is 3.38. The summed E-state index contributed by atoms with van der Waals surface area (Å²) in [4.78, 5) is 29.5. The molecule has 1 aliphatic heterocycles. The van der Waals surface area contributed by atoms with Crippen LogP contribution in [0.3, 0.4) is 0 Å². The van der Waals surface area contributed by atoms with Crippen LogP contribution < -0.4 is 15.0 Å². The zero-order valence-electron chi connectivity index (χ0n) is 18.6. The Morgan fingerprint density at radius 2 is 1.77 bits per heavy atom. The van der Waals surface area contributed by atoms with Gasteiger partial charge in [-0.2, -0.15) is 0 Å². The van der Waals surface area contributed by atoms with Crippen molar-refractivity contribution < 1.29 is 14.3 Å². The molecule has 1 heterocycles. The Kier molecular flexibility index (Phi) is 6.01. The average Bonchev–Trinajstić information content (AvgIpc) is 3.34. The Morgan fingerprint density at radius 3 is 2.35 bits per heavy atom. The highest BCUT2D eigenvalue weighted by Crippen LogP contribution is 2.33. The molecule has 2 aromatic rings. The van der Waals surface area contributed by atoms with E-state index in [4.69, 9.17) is 4.74 Å². The molecule has 2 aromatic carbocycles. The molecule has 1 fully saturated rings. The van der Waals surface area contributed by atoms with Gasteiger partial charge in [0.15, 0.2) is 0 Å². The molecule has 1 unspecified atom stereocenters. The van der Waals surface area contributed by atoms with Gasteiger partial charge < -0.3 is 19.9 Å². The highest BCUT2D eigenvalue weighted by Gasteiger charge is 2.41. The second kappa shape index (κ2) is 8.71. The number of carbonyl (C=O) groups excluding carboxylic acids is 2. The molecule has 31 heavy (non-hydrogen) atoms. The third-order valence-corrected chi connectivity index (χ3v) is 6.65. The van der Waals surface area contributed by atoms with Crippen LogP contribution in [0.25, 0.3) is 0 Å². The van der Waals surface area contributed by atoms with E-state index in [0.29, 0.717) is 19.7 Å². The van der Waals surface area contributed by atoms with Crippen LogP contribution in [0.1, 0.15) is 24.5 Å². The van der Waals surface area contributed by atoms with Gasteiger partial charge in [0.2, 0.25) is 11.8 Å².